The highest BCUT2D eigenvalue weighted by Gasteiger charge is 2.66. The Bertz CT molecular complexity index is 471. The number of hydrogen-bond donors (Lipinski definition) is 2. The molecule has 1 aromatic rings. The van der Waals surface area contributed by atoms with Crippen molar-refractivity contribution in [1.29, 1.82) is 0 Å². The van der Waals surface area contributed by atoms with Gasteiger partial charge >= 0.3 is 6.09 Å². The maximum absolute atomic E-state index is 13.6. The van der Waals surface area contributed by atoms with E-state index >= 15 is 0 Å². The van der Waals surface area contributed by atoms with Gasteiger partial charge in [-0.3, -0.25) is 10.4 Å². The van der Waals surface area contributed by atoms with E-state index in [-0.39, 0.29) is 17.4 Å². The smallest absolute Gasteiger partial charge is 0.412 e. The zero-order valence-electron chi connectivity index (χ0n) is 8.38. The van der Waals surface area contributed by atoms with Gasteiger partial charge in [-0.1, -0.05) is 0 Å². The van der Waals surface area contributed by atoms with Crippen molar-refractivity contribution in [2.75, 3.05) is 12.4 Å². The summed E-state index contributed by atoms with van der Waals surface area (Å²) in [6, 6.07) is 0. The molecule has 1 heterocycles. The number of H-pyrrole nitrogens is 1. The minimum absolute atomic E-state index is 0.159. The summed E-state index contributed by atoms with van der Waals surface area (Å²) < 4.78 is 31.6. The largest absolute Gasteiger partial charge is 0.453 e. The molecule has 2 atom stereocenters. The van der Waals surface area contributed by atoms with Crippen LogP contribution in [0.1, 0.15) is 23.6 Å². The summed E-state index contributed by atoms with van der Waals surface area (Å²) in [6.07, 6.45) is -0.253. The van der Waals surface area contributed by atoms with Crippen molar-refractivity contribution < 1.29 is 18.3 Å². The Hall–Kier alpha value is -1.66. The summed E-state index contributed by atoms with van der Waals surface area (Å²) in [5.41, 5.74) is 0.264. The van der Waals surface area contributed by atoms with E-state index in [4.69, 9.17) is 0 Å². The average Bonchev–Trinajstić information content (AvgIpc) is 2.88. The van der Waals surface area contributed by atoms with Crippen molar-refractivity contribution in [3.63, 3.8) is 0 Å². The fraction of sp³-hybridized carbons (Fsp3) is 0.556. The topological polar surface area (TPSA) is 67.0 Å². The molecular weight excluding hydrogens is 220 g/mol. The van der Waals surface area contributed by atoms with E-state index in [1.165, 1.54) is 7.11 Å². The third-order valence-electron chi connectivity index (χ3n) is 3.17. The van der Waals surface area contributed by atoms with Crippen LogP contribution in [-0.2, 0) is 10.7 Å². The lowest BCUT2D eigenvalue weighted by molar-refractivity contribution is -0.0268. The van der Waals surface area contributed by atoms with Gasteiger partial charge in [-0.15, -0.1) is 0 Å². The number of carbonyl (C=O) groups is 1. The van der Waals surface area contributed by atoms with Gasteiger partial charge in [0.2, 0.25) is 0 Å². The Morgan fingerprint density at radius 3 is 3.12 bits per heavy atom. The molecule has 2 aliphatic carbocycles. The SMILES string of the molecule is COC(=O)Nc1n[nH]c2c1C1CC1C2(F)F. The molecule has 2 aliphatic rings. The minimum Gasteiger partial charge on any atom is -0.453 e. The number of amides is 1. The second-order valence-corrected chi connectivity index (χ2v) is 4.05. The van der Waals surface area contributed by atoms with Crippen LogP contribution in [0.15, 0.2) is 0 Å². The molecule has 0 saturated heterocycles. The molecule has 5 nitrogen and oxygen atoms in total. The third kappa shape index (κ3) is 1.03. The number of halogens is 2. The molecule has 1 saturated carbocycles. The number of aromatic amines is 1. The lowest BCUT2D eigenvalue weighted by Crippen LogP contribution is -2.14. The number of anilines is 1. The van der Waals surface area contributed by atoms with Crippen LogP contribution in [0, 0.1) is 5.92 Å². The molecule has 0 aliphatic heterocycles. The fourth-order valence-corrected chi connectivity index (χ4v) is 2.31. The minimum atomic E-state index is -2.84. The molecule has 7 heteroatoms. The van der Waals surface area contributed by atoms with Crippen LogP contribution in [0.2, 0.25) is 0 Å². The summed E-state index contributed by atoms with van der Waals surface area (Å²) in [6.45, 7) is 0. The number of carbonyl (C=O) groups excluding carboxylic acids is 1. The number of hydrogen-bond acceptors (Lipinski definition) is 3. The van der Waals surface area contributed by atoms with Crippen molar-refractivity contribution in [2.24, 2.45) is 5.92 Å². The average molecular weight is 229 g/mol. The summed E-state index contributed by atoms with van der Waals surface area (Å²) in [5, 5.41) is 8.31. The molecule has 1 fully saturated rings. The number of alkyl halides is 2. The summed E-state index contributed by atoms with van der Waals surface area (Å²) in [5.74, 6) is -3.50. The molecule has 2 N–H and O–H groups in total. The predicted molar refractivity (Wildman–Crippen MR) is 49.4 cm³/mol. The highest BCUT2D eigenvalue weighted by Crippen LogP contribution is 2.67. The Morgan fingerprint density at radius 2 is 2.44 bits per heavy atom. The Balaban J connectivity index is 1.97. The summed E-state index contributed by atoms with van der Waals surface area (Å²) >= 11 is 0. The molecule has 86 valence electrons. The van der Waals surface area contributed by atoms with Crippen molar-refractivity contribution in [3.05, 3.63) is 11.3 Å². The zero-order chi connectivity index (χ0) is 11.5. The number of methoxy groups -OCH3 is 1. The zero-order valence-corrected chi connectivity index (χ0v) is 8.38. The number of nitrogens with zero attached hydrogens (tertiary/aromatic N) is 1. The van der Waals surface area contributed by atoms with Gasteiger partial charge in [0.1, 0.15) is 5.69 Å². The Morgan fingerprint density at radius 1 is 1.69 bits per heavy atom. The molecule has 2 unspecified atom stereocenters. The molecule has 1 amide bonds. The summed E-state index contributed by atoms with van der Waals surface area (Å²) in [7, 11) is 1.21. The predicted octanol–water partition coefficient (Wildman–Crippen LogP) is 1.80. The highest BCUT2D eigenvalue weighted by molar-refractivity contribution is 5.85. The van der Waals surface area contributed by atoms with Gasteiger partial charge in [0.15, 0.2) is 5.82 Å². The molecule has 16 heavy (non-hydrogen) atoms. The third-order valence-corrected chi connectivity index (χ3v) is 3.17. The van der Waals surface area contributed by atoms with Crippen molar-refractivity contribution in [2.45, 2.75) is 18.3 Å². The van der Waals surface area contributed by atoms with E-state index in [0.29, 0.717) is 12.0 Å². The molecule has 0 radical (unpaired) electrons. The standard InChI is InChI=1S/C9H9F2N3O2/c1-16-8(15)12-7-5-3-2-4(3)9(10,11)6(5)13-14-7/h3-4H,2H2,1H3,(H2,12,13,14,15). The van der Waals surface area contributed by atoms with Crippen molar-refractivity contribution in [1.82, 2.24) is 10.2 Å². The Kier molecular flexibility index (Phi) is 1.62. The van der Waals surface area contributed by atoms with Gasteiger partial charge in [-0.2, -0.15) is 13.9 Å². The number of nitrogens with one attached hydrogen (secondary N) is 2. The normalized spacial score (nSPS) is 28.2. The highest BCUT2D eigenvalue weighted by atomic mass is 19.3. The first-order valence-corrected chi connectivity index (χ1v) is 4.87. The molecule has 1 aromatic heterocycles. The van der Waals surface area contributed by atoms with E-state index < -0.39 is 17.9 Å². The maximum Gasteiger partial charge on any atom is 0.412 e. The Labute approximate surface area is 89.2 Å². The quantitative estimate of drug-likeness (QED) is 0.771. The lowest BCUT2D eigenvalue weighted by atomic mass is 10.1. The maximum atomic E-state index is 13.6. The number of ether oxygens (including phenoxy) is 1. The van der Waals surface area contributed by atoms with Crippen LogP contribution in [-0.4, -0.2) is 23.4 Å². The molecule has 0 spiro atoms. The van der Waals surface area contributed by atoms with Gasteiger partial charge in [0, 0.05) is 11.5 Å². The monoisotopic (exact) mass is 229 g/mol. The van der Waals surface area contributed by atoms with Crippen LogP contribution in [0.3, 0.4) is 0 Å². The van der Waals surface area contributed by atoms with E-state index in [1.807, 2.05) is 0 Å². The molecule has 0 bridgehead atoms. The van der Waals surface area contributed by atoms with Gasteiger partial charge in [-0.25, -0.2) is 4.79 Å². The van der Waals surface area contributed by atoms with Crippen LogP contribution in [0.25, 0.3) is 0 Å². The number of aromatic nitrogens is 2. The van der Waals surface area contributed by atoms with Crippen LogP contribution >= 0.6 is 0 Å². The van der Waals surface area contributed by atoms with Crippen LogP contribution in [0.5, 0.6) is 0 Å². The second kappa shape index (κ2) is 2.72. The molecule has 0 aromatic carbocycles. The molecule has 3 rings (SSSR count). The number of rotatable bonds is 1. The molecular formula is C9H9F2N3O2. The first-order chi connectivity index (χ1) is 7.55. The van der Waals surface area contributed by atoms with Gasteiger partial charge < -0.3 is 4.74 Å². The second-order valence-electron chi connectivity index (χ2n) is 4.05. The van der Waals surface area contributed by atoms with E-state index in [9.17, 15) is 13.6 Å². The van der Waals surface area contributed by atoms with Crippen LogP contribution in [0.4, 0.5) is 19.4 Å². The summed E-state index contributed by atoms with van der Waals surface area (Å²) in [4.78, 5) is 11.0. The van der Waals surface area contributed by atoms with Gasteiger partial charge in [0.05, 0.1) is 7.11 Å². The van der Waals surface area contributed by atoms with Crippen molar-refractivity contribution in [3.8, 4) is 0 Å². The van der Waals surface area contributed by atoms with E-state index in [2.05, 4.69) is 20.3 Å². The van der Waals surface area contributed by atoms with E-state index in [0.717, 1.165) is 0 Å². The number of fused-ring (bicyclic) bond motifs is 3. The van der Waals surface area contributed by atoms with Crippen molar-refractivity contribution >= 4 is 11.9 Å². The lowest BCUT2D eigenvalue weighted by Gasteiger charge is -2.09. The first kappa shape index (κ1) is 9.56. The van der Waals surface area contributed by atoms with Gasteiger partial charge in [-0.05, 0) is 12.3 Å². The first-order valence-electron chi connectivity index (χ1n) is 4.87. The van der Waals surface area contributed by atoms with Gasteiger partial charge in [0.25, 0.3) is 5.92 Å². The van der Waals surface area contributed by atoms with E-state index in [1.54, 1.807) is 0 Å². The fourth-order valence-electron chi connectivity index (χ4n) is 2.31. The van der Waals surface area contributed by atoms with Crippen LogP contribution < -0.4 is 5.32 Å².